The van der Waals surface area contributed by atoms with Gasteiger partial charge in [0.2, 0.25) is 5.91 Å². The number of anilines is 2. The lowest BCUT2D eigenvalue weighted by Crippen LogP contribution is -2.09. The summed E-state index contributed by atoms with van der Waals surface area (Å²) in [4.78, 5) is 27.4. The fourth-order valence-corrected chi connectivity index (χ4v) is 2.20. The van der Waals surface area contributed by atoms with E-state index in [0.29, 0.717) is 23.1 Å². The quantitative estimate of drug-likeness (QED) is 0.774. The number of carbonyl (C=O) groups excluding carboxylic acids is 1. The molecule has 0 bridgehead atoms. The molecule has 6 heteroatoms. The summed E-state index contributed by atoms with van der Waals surface area (Å²) in [5, 5.41) is 5.94. The van der Waals surface area contributed by atoms with Gasteiger partial charge < -0.3 is 15.1 Å². The van der Waals surface area contributed by atoms with Gasteiger partial charge in [-0.3, -0.25) is 4.79 Å². The first-order valence-electron chi connectivity index (χ1n) is 7.12. The van der Waals surface area contributed by atoms with E-state index >= 15 is 0 Å². The molecule has 116 valence electrons. The molecule has 6 nitrogen and oxygen atoms in total. The summed E-state index contributed by atoms with van der Waals surface area (Å²) < 4.78 is 5.18. The minimum Gasteiger partial charge on any atom is -0.389 e. The Morgan fingerprint density at radius 3 is 2.70 bits per heavy atom. The molecule has 3 rings (SSSR count). The Balaban J connectivity index is 1.86. The largest absolute Gasteiger partial charge is 0.389 e. The molecule has 3 aromatic rings. The molecule has 0 fully saturated rings. The molecule has 0 atom stereocenters. The van der Waals surface area contributed by atoms with Gasteiger partial charge >= 0.3 is 5.63 Å². The van der Waals surface area contributed by atoms with Gasteiger partial charge in [0.05, 0.1) is 10.9 Å². The van der Waals surface area contributed by atoms with E-state index in [0.717, 1.165) is 5.56 Å². The minimum atomic E-state index is -0.502. The summed E-state index contributed by atoms with van der Waals surface area (Å²) in [6.45, 7) is 1.91. The first kappa shape index (κ1) is 14.8. The Bertz CT molecular complexity index is 904. The van der Waals surface area contributed by atoms with Gasteiger partial charge in [0.1, 0.15) is 0 Å². The molecule has 0 spiro atoms. The van der Waals surface area contributed by atoms with Crippen molar-refractivity contribution in [1.29, 1.82) is 0 Å². The fraction of sp³-hybridized carbons (Fsp3) is 0.118. The van der Waals surface area contributed by atoms with Crippen molar-refractivity contribution < 1.29 is 9.21 Å². The van der Waals surface area contributed by atoms with Crippen LogP contribution in [0.2, 0.25) is 0 Å². The Morgan fingerprint density at radius 1 is 1.17 bits per heavy atom. The van der Waals surface area contributed by atoms with Gasteiger partial charge in [-0.1, -0.05) is 30.3 Å². The molecule has 23 heavy (non-hydrogen) atoms. The molecule has 2 aromatic carbocycles. The highest BCUT2D eigenvalue weighted by atomic mass is 16.4. The zero-order valence-corrected chi connectivity index (χ0v) is 12.5. The maximum Gasteiger partial charge on any atom is 0.348 e. The number of amides is 1. The van der Waals surface area contributed by atoms with E-state index in [1.165, 1.54) is 6.92 Å². The van der Waals surface area contributed by atoms with Crippen LogP contribution in [0.1, 0.15) is 12.5 Å². The van der Waals surface area contributed by atoms with Gasteiger partial charge in [-0.05, 0) is 23.8 Å². The Kier molecular flexibility index (Phi) is 4.05. The maximum absolute atomic E-state index is 12.1. The third-order valence-corrected chi connectivity index (χ3v) is 3.23. The third-order valence-electron chi connectivity index (χ3n) is 3.23. The van der Waals surface area contributed by atoms with Gasteiger partial charge in [0.15, 0.2) is 0 Å². The highest BCUT2D eigenvalue weighted by Gasteiger charge is 2.08. The average Bonchev–Trinajstić information content (AvgIpc) is 2.54. The lowest BCUT2D eigenvalue weighted by atomic mass is 10.2. The summed E-state index contributed by atoms with van der Waals surface area (Å²) in [6, 6.07) is 14.8. The second-order valence-electron chi connectivity index (χ2n) is 5.06. The summed E-state index contributed by atoms with van der Waals surface area (Å²) >= 11 is 0. The van der Waals surface area contributed by atoms with E-state index in [1.807, 2.05) is 30.3 Å². The lowest BCUT2D eigenvalue weighted by molar-refractivity contribution is -0.114. The van der Waals surface area contributed by atoms with Crippen LogP contribution in [0.4, 0.5) is 11.7 Å². The highest BCUT2D eigenvalue weighted by Crippen LogP contribution is 2.17. The molecule has 0 unspecified atom stereocenters. The molecule has 0 saturated carbocycles. The Hall–Kier alpha value is -3.15. The smallest absolute Gasteiger partial charge is 0.348 e. The molecule has 0 aliphatic rings. The molecular formula is C17H15N3O3. The normalized spacial score (nSPS) is 10.5. The minimum absolute atomic E-state index is 0.165. The van der Waals surface area contributed by atoms with E-state index in [9.17, 15) is 9.59 Å². The maximum atomic E-state index is 12.1. The number of hydrogen-bond donors (Lipinski definition) is 2. The Morgan fingerprint density at radius 2 is 1.96 bits per heavy atom. The van der Waals surface area contributed by atoms with Gasteiger partial charge in [0, 0.05) is 19.2 Å². The number of aromatic nitrogens is 1. The molecule has 1 aromatic heterocycles. The number of nitrogens with zero attached hydrogens (tertiary/aromatic N) is 1. The zero-order chi connectivity index (χ0) is 16.2. The molecule has 0 aliphatic heterocycles. The standard InChI is InChI=1S/C17H15N3O3/c1-11(21)19-13-7-8-15-14(9-13)16(22)23-17(20-15)18-10-12-5-3-2-4-6-12/h2-9H,10H2,1H3,(H,18,20)(H,19,21). The van der Waals surface area contributed by atoms with E-state index in [4.69, 9.17) is 4.42 Å². The fourth-order valence-electron chi connectivity index (χ4n) is 2.20. The van der Waals surface area contributed by atoms with Crippen LogP contribution >= 0.6 is 0 Å². The van der Waals surface area contributed by atoms with Crippen molar-refractivity contribution in [3.63, 3.8) is 0 Å². The molecule has 1 heterocycles. The zero-order valence-electron chi connectivity index (χ0n) is 12.5. The highest BCUT2D eigenvalue weighted by molar-refractivity contribution is 5.92. The van der Waals surface area contributed by atoms with Crippen molar-refractivity contribution in [2.75, 3.05) is 10.6 Å². The van der Waals surface area contributed by atoms with Crippen molar-refractivity contribution in [3.8, 4) is 0 Å². The number of benzene rings is 2. The van der Waals surface area contributed by atoms with Crippen LogP contribution in [0.5, 0.6) is 0 Å². The van der Waals surface area contributed by atoms with Crippen molar-refractivity contribution in [2.45, 2.75) is 13.5 Å². The predicted octanol–water partition coefficient (Wildman–Crippen LogP) is 2.76. The Labute approximate surface area is 132 Å². The predicted molar refractivity (Wildman–Crippen MR) is 88.4 cm³/mol. The van der Waals surface area contributed by atoms with Crippen LogP contribution in [0.15, 0.2) is 57.7 Å². The first-order valence-corrected chi connectivity index (χ1v) is 7.12. The molecule has 0 saturated heterocycles. The number of fused-ring (bicyclic) bond motifs is 1. The second-order valence-corrected chi connectivity index (χ2v) is 5.06. The van der Waals surface area contributed by atoms with Gasteiger partial charge in [-0.2, -0.15) is 4.98 Å². The van der Waals surface area contributed by atoms with Crippen LogP contribution in [-0.4, -0.2) is 10.9 Å². The second kappa shape index (κ2) is 6.31. The van der Waals surface area contributed by atoms with Crippen LogP contribution in [-0.2, 0) is 11.3 Å². The number of nitrogens with one attached hydrogen (secondary N) is 2. The van der Waals surface area contributed by atoms with Crippen LogP contribution < -0.4 is 16.3 Å². The van der Waals surface area contributed by atoms with Crippen LogP contribution in [0.3, 0.4) is 0 Å². The van der Waals surface area contributed by atoms with E-state index in [2.05, 4.69) is 15.6 Å². The monoisotopic (exact) mass is 309 g/mol. The van der Waals surface area contributed by atoms with Gasteiger partial charge in [-0.15, -0.1) is 0 Å². The van der Waals surface area contributed by atoms with Crippen molar-refractivity contribution >= 4 is 28.5 Å². The lowest BCUT2D eigenvalue weighted by Gasteiger charge is -2.06. The van der Waals surface area contributed by atoms with E-state index in [-0.39, 0.29) is 11.9 Å². The third kappa shape index (κ3) is 3.55. The van der Waals surface area contributed by atoms with Crippen molar-refractivity contribution in [3.05, 3.63) is 64.5 Å². The number of carbonyl (C=O) groups is 1. The van der Waals surface area contributed by atoms with Gasteiger partial charge in [-0.25, -0.2) is 4.79 Å². The van der Waals surface area contributed by atoms with Gasteiger partial charge in [0.25, 0.3) is 6.01 Å². The molecule has 2 N–H and O–H groups in total. The summed E-state index contributed by atoms with van der Waals surface area (Å²) in [5.74, 6) is -0.206. The molecular weight excluding hydrogens is 294 g/mol. The molecule has 1 amide bonds. The number of hydrogen-bond acceptors (Lipinski definition) is 5. The average molecular weight is 309 g/mol. The van der Waals surface area contributed by atoms with Crippen molar-refractivity contribution in [1.82, 2.24) is 4.98 Å². The van der Waals surface area contributed by atoms with Crippen LogP contribution in [0.25, 0.3) is 10.9 Å². The summed E-state index contributed by atoms with van der Waals surface area (Å²) in [5.41, 5.74) is 1.59. The number of rotatable bonds is 4. The topological polar surface area (TPSA) is 84.2 Å². The summed E-state index contributed by atoms with van der Waals surface area (Å²) in [6.07, 6.45) is 0. The first-order chi connectivity index (χ1) is 11.1. The van der Waals surface area contributed by atoms with Crippen molar-refractivity contribution in [2.24, 2.45) is 0 Å². The molecule has 0 radical (unpaired) electrons. The summed E-state index contributed by atoms with van der Waals surface area (Å²) in [7, 11) is 0. The molecule has 0 aliphatic carbocycles. The van der Waals surface area contributed by atoms with E-state index < -0.39 is 5.63 Å². The SMILES string of the molecule is CC(=O)Nc1ccc2nc(NCc3ccccc3)oc(=O)c2c1. The van der Waals surface area contributed by atoms with Crippen LogP contribution in [0, 0.1) is 0 Å². The van der Waals surface area contributed by atoms with E-state index in [1.54, 1.807) is 18.2 Å².